The van der Waals surface area contributed by atoms with Gasteiger partial charge in [0.05, 0.1) is 0 Å². The van der Waals surface area contributed by atoms with Gasteiger partial charge < -0.3 is 35.8 Å². The minimum atomic E-state index is 0. The Morgan fingerprint density at radius 3 is 1.23 bits per heavy atom. The van der Waals surface area contributed by atoms with Crippen LogP contribution in [-0.4, -0.2) is 0 Å². The van der Waals surface area contributed by atoms with Crippen molar-refractivity contribution in [3.8, 4) is 0 Å². The second kappa shape index (κ2) is 14.2. The van der Waals surface area contributed by atoms with Crippen LogP contribution in [0, 0.1) is 0 Å². The third kappa shape index (κ3) is 11.6. The van der Waals surface area contributed by atoms with Crippen LogP contribution >= 0.6 is 9.39 Å². The molecule has 2 rings (SSSR count). The SMILES string of the molecule is NP.[Fe].[cH-]1[cH-][cH-][cH-][cH-]1.c1cc[cH-]c1. The Morgan fingerprint density at radius 1 is 0.769 bits per heavy atom. The normalized spacial score (nSPS) is 6.62. The molecule has 1 nitrogen and oxygen atoms in total. The molecule has 0 aromatic heterocycles. The Balaban J connectivity index is 0. The maximum atomic E-state index is 4.42. The van der Waals surface area contributed by atoms with Crippen LogP contribution < -0.4 is 5.50 Å². The monoisotopic (exact) mass is 235 g/mol. The molecule has 0 spiro atoms. The van der Waals surface area contributed by atoms with E-state index < -0.39 is 0 Å². The first-order valence-electron chi connectivity index (χ1n) is 3.67. The fourth-order valence-corrected chi connectivity index (χ4v) is 0.642. The smallest absolute Gasteiger partial charge is 0 e. The van der Waals surface area contributed by atoms with E-state index in [0.29, 0.717) is 0 Å². The average molecular weight is 235 g/mol. The van der Waals surface area contributed by atoms with E-state index in [2.05, 4.69) is 5.50 Å². The summed E-state index contributed by atoms with van der Waals surface area (Å²) in [6, 6.07) is 20.0. The fraction of sp³-hybridized carbons (Fsp3) is 0. The van der Waals surface area contributed by atoms with Crippen LogP contribution in [0.5, 0.6) is 0 Å². The zero-order valence-corrected chi connectivity index (χ0v) is 9.54. The molecule has 2 aromatic carbocycles. The van der Waals surface area contributed by atoms with Crippen LogP contribution in [0.4, 0.5) is 0 Å². The van der Waals surface area contributed by atoms with Crippen molar-refractivity contribution in [1.29, 1.82) is 0 Å². The molecule has 13 heavy (non-hydrogen) atoms. The summed E-state index contributed by atoms with van der Waals surface area (Å²) < 4.78 is 0. The molecule has 78 valence electrons. The van der Waals surface area contributed by atoms with E-state index in [9.17, 15) is 0 Å². The Bertz CT molecular complexity index is 154. The molecular weight excluding hydrogens is 221 g/mol. The summed E-state index contributed by atoms with van der Waals surface area (Å²) in [6.07, 6.45) is 0. The second-order valence-electron chi connectivity index (χ2n) is 1.92. The van der Waals surface area contributed by atoms with Crippen molar-refractivity contribution in [1.82, 2.24) is 0 Å². The van der Waals surface area contributed by atoms with Crippen molar-refractivity contribution in [3.63, 3.8) is 0 Å². The van der Waals surface area contributed by atoms with E-state index in [0.717, 1.165) is 0 Å². The molecule has 0 saturated carbocycles. The molecule has 1 atom stereocenters. The van der Waals surface area contributed by atoms with Gasteiger partial charge in [-0.1, -0.05) is 9.39 Å². The molecule has 1 unspecified atom stereocenters. The van der Waals surface area contributed by atoms with Crippen LogP contribution in [0.25, 0.3) is 0 Å². The van der Waals surface area contributed by atoms with E-state index in [-0.39, 0.29) is 17.1 Å². The molecule has 0 aliphatic carbocycles. The van der Waals surface area contributed by atoms with Gasteiger partial charge in [-0.3, -0.25) is 0 Å². The van der Waals surface area contributed by atoms with Gasteiger partial charge in [0.25, 0.3) is 0 Å². The largest absolute Gasteiger partial charge is 0.748 e. The molecule has 0 radical (unpaired) electrons. The molecule has 3 heteroatoms. The Labute approximate surface area is 92.8 Å². The minimum absolute atomic E-state index is 0. The van der Waals surface area contributed by atoms with Crippen LogP contribution in [-0.2, 0) is 17.1 Å². The summed E-state index contributed by atoms with van der Waals surface area (Å²) in [5.74, 6) is 0. The second-order valence-corrected chi connectivity index (χ2v) is 1.92. The first-order chi connectivity index (χ1) is 6.00. The van der Waals surface area contributed by atoms with Crippen LogP contribution in [0.3, 0.4) is 0 Å². The molecule has 2 N–H and O–H groups in total. The Kier molecular flexibility index (Phi) is 16.4. The van der Waals surface area contributed by atoms with Gasteiger partial charge in [0.2, 0.25) is 0 Å². The van der Waals surface area contributed by atoms with Gasteiger partial charge in [-0.25, -0.2) is 12.1 Å². The zero-order chi connectivity index (χ0) is 9.07. The average Bonchev–Trinajstić information content (AvgIpc) is 2.87. The van der Waals surface area contributed by atoms with Gasteiger partial charge in [0.15, 0.2) is 0 Å². The van der Waals surface area contributed by atoms with Crippen molar-refractivity contribution in [3.05, 3.63) is 60.7 Å². The summed E-state index contributed by atoms with van der Waals surface area (Å²) in [5.41, 5.74) is 4.42. The van der Waals surface area contributed by atoms with Crippen LogP contribution in [0.1, 0.15) is 0 Å². The number of hydrogen-bond donors (Lipinski definition) is 1. The molecule has 0 aliphatic heterocycles. The third-order valence-corrected chi connectivity index (χ3v) is 1.11. The van der Waals surface area contributed by atoms with Gasteiger partial charge in [0, 0.05) is 17.1 Å². The predicted molar refractivity (Wildman–Crippen MR) is 58.0 cm³/mol. The predicted octanol–water partition coefficient (Wildman–Crippen LogP) is 2.54. The van der Waals surface area contributed by atoms with Gasteiger partial charge >= 0.3 is 0 Å². The molecular formula is C10H14FeNP-6. The zero-order valence-electron chi connectivity index (χ0n) is 7.28. The van der Waals surface area contributed by atoms with Crippen molar-refractivity contribution in [2.45, 2.75) is 0 Å². The van der Waals surface area contributed by atoms with Gasteiger partial charge in [-0.05, 0) is 0 Å². The molecule has 0 heterocycles. The third-order valence-electron chi connectivity index (χ3n) is 1.11. The summed E-state index contributed by atoms with van der Waals surface area (Å²) in [7, 11) is 1.92. The molecule has 0 aliphatic rings. The maximum absolute atomic E-state index is 4.42. The van der Waals surface area contributed by atoms with Gasteiger partial charge in [0.1, 0.15) is 0 Å². The fourth-order valence-electron chi connectivity index (χ4n) is 0.642. The van der Waals surface area contributed by atoms with Crippen LogP contribution in [0.15, 0.2) is 60.7 Å². The quantitative estimate of drug-likeness (QED) is 0.424. The first kappa shape index (κ1) is 15.1. The number of rotatable bonds is 0. The van der Waals surface area contributed by atoms with Gasteiger partial charge in [-0.15, -0.1) is 0 Å². The summed E-state index contributed by atoms with van der Waals surface area (Å²) >= 11 is 0. The van der Waals surface area contributed by atoms with Crippen molar-refractivity contribution in [2.24, 2.45) is 5.50 Å². The Hall–Kier alpha value is -0.391. The van der Waals surface area contributed by atoms with Gasteiger partial charge in [-0.2, -0.15) is 18.2 Å². The summed E-state index contributed by atoms with van der Waals surface area (Å²) in [4.78, 5) is 0. The van der Waals surface area contributed by atoms with E-state index in [1.165, 1.54) is 0 Å². The Morgan fingerprint density at radius 2 is 1.08 bits per heavy atom. The van der Waals surface area contributed by atoms with E-state index in [1.54, 1.807) is 0 Å². The molecule has 0 fully saturated rings. The van der Waals surface area contributed by atoms with Crippen molar-refractivity contribution >= 4 is 9.39 Å². The van der Waals surface area contributed by atoms with E-state index in [1.807, 2.05) is 70.1 Å². The number of nitrogens with two attached hydrogens (primary N) is 1. The minimum Gasteiger partial charge on any atom is -0.748 e. The summed E-state index contributed by atoms with van der Waals surface area (Å²) in [5, 5.41) is 0. The topological polar surface area (TPSA) is 26.0 Å². The standard InChI is InChI=1S/2C5H5.Fe.H4NP/c2*1-2-4-5-3-1;;1-2/h2*1-5H;;1-2H2/q-5;-1;;. The van der Waals surface area contributed by atoms with Crippen molar-refractivity contribution in [2.75, 3.05) is 0 Å². The number of hydrogen-bond acceptors (Lipinski definition) is 1. The summed E-state index contributed by atoms with van der Waals surface area (Å²) in [6.45, 7) is 0. The van der Waals surface area contributed by atoms with E-state index >= 15 is 0 Å². The molecule has 0 saturated heterocycles. The maximum Gasteiger partial charge on any atom is 0 e. The van der Waals surface area contributed by atoms with Crippen molar-refractivity contribution < 1.29 is 17.1 Å². The molecule has 2 aromatic rings. The first-order valence-corrected chi connectivity index (χ1v) is 4.33. The van der Waals surface area contributed by atoms with E-state index in [4.69, 9.17) is 0 Å². The van der Waals surface area contributed by atoms with Crippen LogP contribution in [0.2, 0.25) is 0 Å². The molecule has 0 amide bonds. The molecule has 0 bridgehead atoms.